The Hall–Kier alpha value is -1.99. The minimum absolute atomic E-state index is 0.0405. The molecule has 27 heavy (non-hydrogen) atoms. The highest BCUT2D eigenvalue weighted by atomic mass is 35.5. The Labute approximate surface area is 165 Å². The molecule has 0 radical (unpaired) electrons. The summed E-state index contributed by atoms with van der Waals surface area (Å²) >= 11 is 6.12. The monoisotopic (exact) mass is 409 g/mol. The fourth-order valence-corrected chi connectivity index (χ4v) is 5.31. The van der Waals surface area contributed by atoms with Gasteiger partial charge in [0.05, 0.1) is 11.3 Å². The molecule has 0 aliphatic carbocycles. The number of halogens is 1. The first-order chi connectivity index (χ1) is 12.6. The maximum Gasteiger partial charge on any atom is 0.264 e. The van der Waals surface area contributed by atoms with Crippen molar-refractivity contribution in [2.24, 2.45) is 7.05 Å². The second kappa shape index (κ2) is 7.20. The molecule has 1 aromatic heterocycles. The first-order valence-electron chi connectivity index (χ1n) is 8.88. The van der Waals surface area contributed by atoms with Crippen LogP contribution < -0.4 is 4.72 Å². The summed E-state index contributed by atoms with van der Waals surface area (Å²) in [6.07, 6.45) is 1.89. The van der Waals surface area contributed by atoms with Gasteiger partial charge in [0.15, 0.2) is 0 Å². The molecule has 1 aliphatic rings. The second-order valence-corrected chi connectivity index (χ2v) is 8.98. The van der Waals surface area contributed by atoms with Gasteiger partial charge in [0, 0.05) is 36.5 Å². The summed E-state index contributed by atoms with van der Waals surface area (Å²) in [5.74, 6) is -0.225. The van der Waals surface area contributed by atoms with Gasteiger partial charge < -0.3 is 9.47 Å². The average molecular weight is 410 g/mol. The highest BCUT2D eigenvalue weighted by Gasteiger charge is 2.33. The van der Waals surface area contributed by atoms with E-state index in [9.17, 15) is 13.2 Å². The third kappa shape index (κ3) is 3.46. The SMILES string of the molecule is Cc1c(Cl)cccc1NS(=O)(=O)c1c(C(=O)N2CCCC2)c(C)n(C)c1C. The fraction of sp³-hybridized carbons (Fsp3) is 0.421. The first-order valence-corrected chi connectivity index (χ1v) is 10.7. The van der Waals surface area contributed by atoms with Crippen LogP contribution in [-0.2, 0) is 17.1 Å². The number of aromatic nitrogens is 1. The standard InChI is InChI=1S/C19H24ClN3O3S/c1-12-15(20)8-7-9-16(12)21-27(25,26)18-14(3)22(4)13(2)17(18)19(24)23-10-5-6-11-23/h7-9,21H,5-6,10-11H2,1-4H3. The minimum Gasteiger partial charge on any atom is -0.350 e. The third-order valence-corrected chi connectivity index (χ3v) is 7.25. The number of hydrogen-bond donors (Lipinski definition) is 1. The van der Waals surface area contributed by atoms with E-state index in [1.807, 2.05) is 0 Å². The summed E-state index contributed by atoms with van der Waals surface area (Å²) in [6, 6.07) is 5.05. The molecule has 1 aliphatic heterocycles. The quantitative estimate of drug-likeness (QED) is 0.837. The molecule has 0 bridgehead atoms. The van der Waals surface area contributed by atoms with Crippen molar-refractivity contribution in [3.63, 3.8) is 0 Å². The molecular formula is C19H24ClN3O3S. The number of amides is 1. The largest absolute Gasteiger partial charge is 0.350 e. The molecule has 1 amide bonds. The fourth-order valence-electron chi connectivity index (χ4n) is 3.49. The zero-order chi connectivity index (χ0) is 19.9. The van der Waals surface area contributed by atoms with E-state index in [2.05, 4.69) is 4.72 Å². The smallest absolute Gasteiger partial charge is 0.264 e. The molecule has 3 rings (SSSR count). The number of rotatable bonds is 4. The molecule has 2 aromatic rings. The molecule has 8 heteroatoms. The van der Waals surface area contributed by atoms with Crippen LogP contribution in [0.25, 0.3) is 0 Å². The van der Waals surface area contributed by atoms with Crippen LogP contribution in [0.3, 0.4) is 0 Å². The van der Waals surface area contributed by atoms with Crippen molar-refractivity contribution in [2.75, 3.05) is 17.8 Å². The van der Waals surface area contributed by atoms with Crippen LogP contribution >= 0.6 is 11.6 Å². The normalized spacial score (nSPS) is 14.6. The van der Waals surface area contributed by atoms with E-state index in [4.69, 9.17) is 11.6 Å². The Kier molecular flexibility index (Phi) is 5.27. The number of sulfonamides is 1. The molecule has 0 unspecified atom stereocenters. The summed E-state index contributed by atoms with van der Waals surface area (Å²) in [5.41, 5.74) is 2.47. The molecular weight excluding hydrogens is 386 g/mol. The molecule has 0 spiro atoms. The van der Waals surface area contributed by atoms with E-state index < -0.39 is 10.0 Å². The van der Waals surface area contributed by atoms with Gasteiger partial charge in [-0.3, -0.25) is 9.52 Å². The average Bonchev–Trinajstić information content (AvgIpc) is 3.22. The first kappa shape index (κ1) is 19.8. The summed E-state index contributed by atoms with van der Waals surface area (Å²) in [6.45, 7) is 6.56. The number of hydrogen-bond acceptors (Lipinski definition) is 3. The molecule has 1 N–H and O–H groups in total. The van der Waals surface area contributed by atoms with Gasteiger partial charge in [-0.2, -0.15) is 0 Å². The van der Waals surface area contributed by atoms with Gasteiger partial charge in [-0.25, -0.2) is 8.42 Å². The van der Waals surface area contributed by atoms with Crippen molar-refractivity contribution in [3.05, 3.63) is 45.7 Å². The maximum absolute atomic E-state index is 13.3. The van der Waals surface area contributed by atoms with Crippen molar-refractivity contribution in [1.29, 1.82) is 0 Å². The lowest BCUT2D eigenvalue weighted by atomic mass is 10.2. The summed E-state index contributed by atoms with van der Waals surface area (Å²) in [7, 11) is -2.19. The van der Waals surface area contributed by atoms with E-state index in [1.54, 1.807) is 55.5 Å². The van der Waals surface area contributed by atoms with Gasteiger partial charge in [0.1, 0.15) is 4.90 Å². The van der Waals surface area contributed by atoms with Gasteiger partial charge in [-0.05, 0) is 51.3 Å². The van der Waals surface area contributed by atoms with Crippen LogP contribution in [0.2, 0.25) is 5.02 Å². The van der Waals surface area contributed by atoms with Crippen molar-refractivity contribution < 1.29 is 13.2 Å². The zero-order valence-corrected chi connectivity index (χ0v) is 17.5. The Balaban J connectivity index is 2.11. The lowest BCUT2D eigenvalue weighted by molar-refractivity contribution is 0.0788. The van der Waals surface area contributed by atoms with Crippen LogP contribution in [0.15, 0.2) is 23.1 Å². The van der Waals surface area contributed by atoms with Crippen molar-refractivity contribution in [2.45, 2.75) is 38.5 Å². The predicted octanol–water partition coefficient (Wildman–Crippen LogP) is 3.64. The molecule has 0 saturated carbocycles. The predicted molar refractivity (Wildman–Crippen MR) is 107 cm³/mol. The van der Waals surface area contributed by atoms with E-state index in [-0.39, 0.29) is 16.4 Å². The van der Waals surface area contributed by atoms with Crippen LogP contribution in [0.1, 0.15) is 40.2 Å². The maximum atomic E-state index is 13.3. The Bertz CT molecular complexity index is 1010. The van der Waals surface area contributed by atoms with Gasteiger partial charge >= 0.3 is 0 Å². The second-order valence-electron chi connectivity index (χ2n) is 6.95. The Morgan fingerprint density at radius 3 is 2.37 bits per heavy atom. The molecule has 2 heterocycles. The van der Waals surface area contributed by atoms with Crippen LogP contribution in [0, 0.1) is 20.8 Å². The van der Waals surface area contributed by atoms with Crippen LogP contribution in [0.5, 0.6) is 0 Å². The minimum atomic E-state index is -3.97. The third-order valence-electron chi connectivity index (χ3n) is 5.31. The van der Waals surface area contributed by atoms with E-state index >= 15 is 0 Å². The van der Waals surface area contributed by atoms with Gasteiger partial charge in [-0.15, -0.1) is 0 Å². The number of anilines is 1. The van der Waals surface area contributed by atoms with Crippen LogP contribution in [0.4, 0.5) is 5.69 Å². The molecule has 6 nitrogen and oxygen atoms in total. The number of nitrogens with zero attached hydrogens (tertiary/aromatic N) is 2. The summed E-state index contributed by atoms with van der Waals surface area (Å²) in [5, 5.41) is 0.476. The lowest BCUT2D eigenvalue weighted by Crippen LogP contribution is -2.30. The van der Waals surface area contributed by atoms with Crippen molar-refractivity contribution in [1.82, 2.24) is 9.47 Å². The Morgan fingerprint density at radius 2 is 1.74 bits per heavy atom. The number of benzene rings is 1. The lowest BCUT2D eigenvalue weighted by Gasteiger charge is -2.17. The summed E-state index contributed by atoms with van der Waals surface area (Å²) in [4.78, 5) is 14.8. The number of nitrogens with one attached hydrogen (secondary N) is 1. The Morgan fingerprint density at radius 1 is 1.11 bits per heavy atom. The highest BCUT2D eigenvalue weighted by molar-refractivity contribution is 7.92. The van der Waals surface area contributed by atoms with E-state index in [0.29, 0.717) is 40.8 Å². The summed E-state index contributed by atoms with van der Waals surface area (Å²) < 4.78 is 30.9. The number of carbonyl (C=O) groups is 1. The van der Waals surface area contributed by atoms with Gasteiger partial charge in [-0.1, -0.05) is 17.7 Å². The van der Waals surface area contributed by atoms with E-state index in [0.717, 1.165) is 12.8 Å². The molecule has 146 valence electrons. The number of carbonyl (C=O) groups excluding carboxylic acids is 1. The van der Waals surface area contributed by atoms with Gasteiger partial charge in [0.25, 0.3) is 15.9 Å². The zero-order valence-electron chi connectivity index (χ0n) is 16.0. The topological polar surface area (TPSA) is 71.4 Å². The molecule has 1 fully saturated rings. The van der Waals surface area contributed by atoms with Crippen LogP contribution in [-0.4, -0.2) is 36.9 Å². The van der Waals surface area contributed by atoms with Crippen molar-refractivity contribution in [3.8, 4) is 0 Å². The highest BCUT2D eigenvalue weighted by Crippen LogP contribution is 2.31. The molecule has 1 saturated heterocycles. The van der Waals surface area contributed by atoms with Gasteiger partial charge in [0.2, 0.25) is 0 Å². The molecule has 0 atom stereocenters. The molecule has 1 aromatic carbocycles. The van der Waals surface area contributed by atoms with Crippen molar-refractivity contribution >= 4 is 33.2 Å². The van der Waals surface area contributed by atoms with E-state index in [1.165, 1.54) is 0 Å². The number of likely N-dealkylation sites (tertiary alicyclic amines) is 1.